The normalized spacial score (nSPS) is 12.8. The maximum atomic E-state index is 12.8. The summed E-state index contributed by atoms with van der Waals surface area (Å²) in [6.45, 7) is 1.42. The van der Waals surface area contributed by atoms with Gasteiger partial charge in [0.2, 0.25) is 0 Å². The fraction of sp³-hybridized carbons (Fsp3) is 0.250. The number of nitrogens with zero attached hydrogens (tertiary/aromatic N) is 2. The van der Waals surface area contributed by atoms with E-state index in [1.54, 1.807) is 41.9 Å². The van der Waals surface area contributed by atoms with E-state index in [-0.39, 0.29) is 23.6 Å². The molecule has 8 heteroatoms. The van der Waals surface area contributed by atoms with Crippen molar-refractivity contribution in [1.29, 1.82) is 0 Å². The van der Waals surface area contributed by atoms with Crippen molar-refractivity contribution >= 4 is 23.5 Å². The lowest BCUT2D eigenvalue weighted by Crippen LogP contribution is -2.23. The lowest BCUT2D eigenvalue weighted by Gasteiger charge is -2.11. The summed E-state index contributed by atoms with van der Waals surface area (Å²) < 4.78 is 11.8. The minimum atomic E-state index is -0.651. The second kappa shape index (κ2) is 9.47. The lowest BCUT2D eigenvalue weighted by molar-refractivity contribution is -0.119. The molecule has 4 rings (SSSR count). The zero-order chi connectivity index (χ0) is 22.5. The van der Waals surface area contributed by atoms with Crippen LogP contribution in [-0.4, -0.2) is 40.8 Å². The third-order valence-electron chi connectivity index (χ3n) is 4.96. The number of hydrogen-bond donors (Lipinski definition) is 1. The number of aromatic nitrogens is 2. The first-order chi connectivity index (χ1) is 15.6. The molecule has 1 aliphatic carbocycles. The van der Waals surface area contributed by atoms with Crippen LogP contribution in [0, 0.1) is 0 Å². The monoisotopic (exact) mass is 433 g/mol. The average molecular weight is 433 g/mol. The highest BCUT2D eigenvalue weighted by Gasteiger charge is 2.29. The predicted molar refractivity (Wildman–Crippen MR) is 117 cm³/mol. The van der Waals surface area contributed by atoms with Crippen LogP contribution in [0.5, 0.6) is 0 Å². The van der Waals surface area contributed by atoms with Crippen molar-refractivity contribution < 1.29 is 23.9 Å². The maximum Gasteiger partial charge on any atom is 0.357 e. The summed E-state index contributed by atoms with van der Waals surface area (Å²) in [5, 5.41) is 7.17. The van der Waals surface area contributed by atoms with E-state index in [1.165, 1.54) is 0 Å². The number of benzene rings is 2. The van der Waals surface area contributed by atoms with Gasteiger partial charge in [0, 0.05) is 5.92 Å². The lowest BCUT2D eigenvalue weighted by atomic mass is 10.2. The smallest absolute Gasteiger partial charge is 0.357 e. The second-order valence-corrected chi connectivity index (χ2v) is 7.37. The number of rotatable bonds is 8. The Labute approximate surface area is 185 Å². The van der Waals surface area contributed by atoms with Gasteiger partial charge < -0.3 is 14.8 Å². The molecular formula is C24H23N3O5. The molecule has 1 saturated carbocycles. The van der Waals surface area contributed by atoms with Crippen LogP contribution >= 0.6 is 0 Å². The minimum Gasteiger partial charge on any atom is -0.462 e. The van der Waals surface area contributed by atoms with Crippen molar-refractivity contribution in [3.63, 3.8) is 0 Å². The van der Waals surface area contributed by atoms with E-state index in [0.717, 1.165) is 24.2 Å². The summed E-state index contributed by atoms with van der Waals surface area (Å²) in [6.07, 6.45) is 2.09. The van der Waals surface area contributed by atoms with Gasteiger partial charge in [-0.3, -0.25) is 4.79 Å². The van der Waals surface area contributed by atoms with Crippen molar-refractivity contribution in [2.45, 2.75) is 25.7 Å². The Morgan fingerprint density at radius 2 is 1.72 bits per heavy atom. The Morgan fingerprint density at radius 1 is 1.00 bits per heavy atom. The molecule has 0 saturated heterocycles. The number of para-hydroxylation sites is 2. The number of nitrogens with one attached hydrogen (secondary N) is 1. The van der Waals surface area contributed by atoms with E-state index >= 15 is 0 Å². The average Bonchev–Trinajstić information content (AvgIpc) is 3.56. The number of esters is 2. The van der Waals surface area contributed by atoms with Crippen LogP contribution in [0.2, 0.25) is 0 Å². The molecule has 164 valence electrons. The number of anilines is 1. The van der Waals surface area contributed by atoms with Gasteiger partial charge in [0.05, 0.1) is 29.2 Å². The van der Waals surface area contributed by atoms with Crippen LogP contribution in [-0.2, 0) is 14.3 Å². The van der Waals surface area contributed by atoms with E-state index in [1.807, 2.05) is 30.3 Å². The van der Waals surface area contributed by atoms with Gasteiger partial charge in [-0.2, -0.15) is 5.10 Å². The Kier molecular flexibility index (Phi) is 6.30. The number of amides is 1. The topological polar surface area (TPSA) is 99.5 Å². The van der Waals surface area contributed by atoms with Gasteiger partial charge in [-0.25, -0.2) is 14.3 Å². The Balaban J connectivity index is 1.45. The van der Waals surface area contributed by atoms with E-state index in [0.29, 0.717) is 5.92 Å². The van der Waals surface area contributed by atoms with Crippen molar-refractivity contribution in [2.24, 2.45) is 0 Å². The van der Waals surface area contributed by atoms with Crippen molar-refractivity contribution in [2.75, 3.05) is 18.5 Å². The Morgan fingerprint density at radius 3 is 2.44 bits per heavy atom. The van der Waals surface area contributed by atoms with E-state index < -0.39 is 24.5 Å². The molecule has 0 unspecified atom stereocenters. The zero-order valence-corrected chi connectivity index (χ0v) is 17.6. The number of carbonyl (C=O) groups is 3. The number of hydrogen-bond acceptors (Lipinski definition) is 6. The van der Waals surface area contributed by atoms with Gasteiger partial charge in [0.1, 0.15) is 0 Å². The van der Waals surface area contributed by atoms with Gasteiger partial charge in [-0.1, -0.05) is 30.3 Å². The highest BCUT2D eigenvalue weighted by Crippen LogP contribution is 2.39. The van der Waals surface area contributed by atoms with Gasteiger partial charge in [0.25, 0.3) is 5.91 Å². The van der Waals surface area contributed by atoms with Gasteiger partial charge in [-0.05, 0) is 50.1 Å². The third kappa shape index (κ3) is 4.85. The standard InChI is InChI=1S/C24H23N3O5/c1-2-31-23(29)18-10-6-7-11-19(18)25-22(28)15-32-24(30)21-14-20(16-12-13-16)26-27(21)17-8-4-3-5-9-17/h3-11,14,16H,2,12-13,15H2,1H3,(H,25,28). The molecule has 0 atom stereocenters. The molecule has 3 aromatic rings. The molecule has 1 N–H and O–H groups in total. The molecule has 0 radical (unpaired) electrons. The van der Waals surface area contributed by atoms with Gasteiger partial charge >= 0.3 is 11.9 Å². The quantitative estimate of drug-likeness (QED) is 0.544. The molecular weight excluding hydrogens is 410 g/mol. The van der Waals surface area contributed by atoms with E-state index in [4.69, 9.17) is 9.47 Å². The summed E-state index contributed by atoms with van der Waals surface area (Å²) in [6, 6.07) is 17.5. The highest BCUT2D eigenvalue weighted by molar-refractivity contribution is 6.02. The molecule has 0 aliphatic heterocycles. The predicted octanol–water partition coefficient (Wildman–Crippen LogP) is 3.72. The molecule has 32 heavy (non-hydrogen) atoms. The van der Waals surface area contributed by atoms with Crippen molar-refractivity contribution in [3.8, 4) is 5.69 Å². The van der Waals surface area contributed by atoms with Crippen molar-refractivity contribution in [1.82, 2.24) is 9.78 Å². The first-order valence-electron chi connectivity index (χ1n) is 10.5. The SMILES string of the molecule is CCOC(=O)c1ccccc1NC(=O)COC(=O)c1cc(C2CC2)nn1-c1ccccc1. The van der Waals surface area contributed by atoms with E-state index in [9.17, 15) is 14.4 Å². The van der Waals surface area contributed by atoms with Gasteiger partial charge in [0.15, 0.2) is 12.3 Å². The molecule has 1 aliphatic rings. The summed E-state index contributed by atoms with van der Waals surface area (Å²) in [7, 11) is 0. The van der Waals surface area contributed by atoms with Crippen LogP contribution in [0.25, 0.3) is 5.69 Å². The molecule has 0 bridgehead atoms. The fourth-order valence-corrected chi connectivity index (χ4v) is 3.26. The molecule has 1 heterocycles. The summed E-state index contributed by atoms with van der Waals surface area (Å²) in [4.78, 5) is 37.2. The molecule has 1 aromatic heterocycles. The number of ether oxygens (including phenoxy) is 2. The van der Waals surface area contributed by atoms with E-state index in [2.05, 4.69) is 10.4 Å². The van der Waals surface area contributed by atoms with Crippen LogP contribution in [0.3, 0.4) is 0 Å². The molecule has 2 aromatic carbocycles. The number of carbonyl (C=O) groups excluding carboxylic acids is 3. The van der Waals surface area contributed by atoms with Crippen LogP contribution < -0.4 is 5.32 Å². The van der Waals surface area contributed by atoms with Crippen LogP contribution in [0.4, 0.5) is 5.69 Å². The summed E-state index contributed by atoms with van der Waals surface area (Å²) >= 11 is 0. The molecule has 1 amide bonds. The maximum absolute atomic E-state index is 12.8. The van der Waals surface area contributed by atoms with Crippen molar-refractivity contribution in [3.05, 3.63) is 77.6 Å². The first-order valence-corrected chi connectivity index (χ1v) is 10.5. The summed E-state index contributed by atoms with van der Waals surface area (Å²) in [5.74, 6) is -1.40. The first kappa shape index (κ1) is 21.3. The Hall–Kier alpha value is -3.94. The molecule has 0 spiro atoms. The third-order valence-corrected chi connectivity index (χ3v) is 4.96. The van der Waals surface area contributed by atoms with Gasteiger partial charge in [-0.15, -0.1) is 0 Å². The van der Waals surface area contributed by atoms with Crippen LogP contribution in [0.15, 0.2) is 60.7 Å². The highest BCUT2D eigenvalue weighted by atomic mass is 16.5. The van der Waals surface area contributed by atoms with Crippen LogP contribution in [0.1, 0.15) is 52.2 Å². The molecule has 8 nitrogen and oxygen atoms in total. The molecule has 1 fully saturated rings. The fourth-order valence-electron chi connectivity index (χ4n) is 3.26. The summed E-state index contributed by atoms with van der Waals surface area (Å²) in [5.41, 5.74) is 2.35. The second-order valence-electron chi connectivity index (χ2n) is 7.37. The Bertz CT molecular complexity index is 1140. The minimum absolute atomic E-state index is 0.219. The zero-order valence-electron chi connectivity index (χ0n) is 17.6. The largest absolute Gasteiger partial charge is 0.462 e.